The van der Waals surface area contributed by atoms with E-state index in [1.807, 2.05) is 31.2 Å². The molecule has 0 bridgehead atoms. The van der Waals surface area contributed by atoms with Crippen LogP contribution in [0.4, 0.5) is 0 Å². The third kappa shape index (κ3) is 3.55. The highest BCUT2D eigenvalue weighted by atomic mass is 79.9. The van der Waals surface area contributed by atoms with Crippen molar-refractivity contribution in [3.8, 4) is 0 Å². The number of halogens is 2. The minimum atomic E-state index is -0.587. The van der Waals surface area contributed by atoms with Gasteiger partial charge in [-0.05, 0) is 58.2 Å². The molecule has 0 fully saturated rings. The molecule has 0 saturated heterocycles. The zero-order valence-electron chi connectivity index (χ0n) is 9.90. The Morgan fingerprint density at radius 3 is 2.72 bits per heavy atom. The highest BCUT2D eigenvalue weighted by molar-refractivity contribution is 9.10. The van der Waals surface area contributed by atoms with Gasteiger partial charge >= 0.3 is 0 Å². The molecule has 1 unspecified atom stereocenters. The first-order valence-electron chi connectivity index (χ1n) is 5.60. The van der Waals surface area contributed by atoms with Crippen molar-refractivity contribution >= 4 is 27.5 Å². The Hall–Kier alpha value is -0.900. The predicted molar refractivity (Wildman–Crippen MR) is 76.8 cm³/mol. The van der Waals surface area contributed by atoms with Crippen LogP contribution in [0.25, 0.3) is 0 Å². The molecule has 2 rings (SSSR count). The molecule has 18 heavy (non-hydrogen) atoms. The van der Waals surface area contributed by atoms with Crippen LogP contribution in [0.15, 0.2) is 41.0 Å². The standard InChI is InChI=1S/C14H13BrClNO/c1-9-4-10(6-12(16)5-9)14(18)7-13-3-2-11(15)8-17-13/h2-6,8,14,18H,7H2,1H3. The molecule has 0 aliphatic heterocycles. The minimum Gasteiger partial charge on any atom is -0.388 e. The van der Waals surface area contributed by atoms with E-state index < -0.39 is 6.10 Å². The first kappa shape index (κ1) is 13.5. The van der Waals surface area contributed by atoms with Crippen LogP contribution in [-0.4, -0.2) is 10.1 Å². The number of hydrogen-bond acceptors (Lipinski definition) is 2. The van der Waals surface area contributed by atoms with E-state index in [0.717, 1.165) is 21.3 Å². The molecule has 0 radical (unpaired) electrons. The van der Waals surface area contributed by atoms with Gasteiger partial charge in [0.15, 0.2) is 0 Å². The van der Waals surface area contributed by atoms with Gasteiger partial charge in [-0.1, -0.05) is 17.7 Å². The highest BCUT2D eigenvalue weighted by Gasteiger charge is 2.10. The highest BCUT2D eigenvalue weighted by Crippen LogP contribution is 2.23. The Bertz CT molecular complexity index is 522. The van der Waals surface area contributed by atoms with Crippen LogP contribution in [0.2, 0.25) is 5.02 Å². The van der Waals surface area contributed by atoms with Crippen molar-refractivity contribution in [2.45, 2.75) is 19.4 Å². The first-order chi connectivity index (χ1) is 8.54. The van der Waals surface area contributed by atoms with Gasteiger partial charge in [-0.15, -0.1) is 0 Å². The van der Waals surface area contributed by atoms with Crippen LogP contribution in [0, 0.1) is 6.92 Å². The van der Waals surface area contributed by atoms with Crippen molar-refractivity contribution in [3.05, 3.63) is 62.8 Å². The lowest BCUT2D eigenvalue weighted by molar-refractivity contribution is 0.177. The summed E-state index contributed by atoms with van der Waals surface area (Å²) in [6, 6.07) is 9.41. The maximum atomic E-state index is 10.2. The molecular weight excluding hydrogens is 314 g/mol. The Balaban J connectivity index is 2.16. The molecule has 1 aromatic carbocycles. The number of aliphatic hydroxyl groups excluding tert-OH is 1. The number of aryl methyl sites for hydroxylation is 1. The molecule has 1 atom stereocenters. The molecule has 0 spiro atoms. The summed E-state index contributed by atoms with van der Waals surface area (Å²) < 4.78 is 0.930. The minimum absolute atomic E-state index is 0.479. The second kappa shape index (κ2) is 5.83. The number of rotatable bonds is 3. The van der Waals surface area contributed by atoms with Gasteiger partial charge in [0.05, 0.1) is 6.10 Å². The molecule has 1 N–H and O–H groups in total. The fourth-order valence-corrected chi connectivity index (χ4v) is 2.33. The largest absolute Gasteiger partial charge is 0.388 e. The van der Waals surface area contributed by atoms with E-state index in [9.17, 15) is 5.11 Å². The molecule has 2 aromatic rings. The normalized spacial score (nSPS) is 12.4. The predicted octanol–water partition coefficient (Wildman–Crippen LogP) is 4.08. The van der Waals surface area contributed by atoms with Crippen molar-refractivity contribution in [2.75, 3.05) is 0 Å². The lowest BCUT2D eigenvalue weighted by atomic mass is 10.0. The average Bonchev–Trinajstić information content (AvgIpc) is 2.31. The van der Waals surface area contributed by atoms with E-state index in [4.69, 9.17) is 11.6 Å². The van der Waals surface area contributed by atoms with Crippen LogP contribution in [0.3, 0.4) is 0 Å². The van der Waals surface area contributed by atoms with E-state index >= 15 is 0 Å². The smallest absolute Gasteiger partial charge is 0.0846 e. The van der Waals surface area contributed by atoms with Gasteiger partial charge in [-0.2, -0.15) is 0 Å². The maximum Gasteiger partial charge on any atom is 0.0846 e. The Kier molecular flexibility index (Phi) is 4.38. The molecule has 0 amide bonds. The molecule has 1 heterocycles. The third-order valence-corrected chi connectivity index (χ3v) is 3.33. The van der Waals surface area contributed by atoms with E-state index in [2.05, 4.69) is 20.9 Å². The van der Waals surface area contributed by atoms with Crippen LogP contribution < -0.4 is 0 Å². The third-order valence-electron chi connectivity index (χ3n) is 2.64. The molecule has 2 nitrogen and oxygen atoms in total. The quantitative estimate of drug-likeness (QED) is 0.922. The summed E-state index contributed by atoms with van der Waals surface area (Å²) in [5.41, 5.74) is 2.72. The molecule has 4 heteroatoms. The zero-order chi connectivity index (χ0) is 13.1. The topological polar surface area (TPSA) is 33.1 Å². The average molecular weight is 327 g/mol. The van der Waals surface area contributed by atoms with Crippen molar-refractivity contribution < 1.29 is 5.11 Å². The number of benzene rings is 1. The van der Waals surface area contributed by atoms with Crippen molar-refractivity contribution in [1.29, 1.82) is 0 Å². The van der Waals surface area contributed by atoms with Crippen molar-refractivity contribution in [2.24, 2.45) is 0 Å². The molecule has 0 aliphatic carbocycles. The Morgan fingerprint density at radius 2 is 2.11 bits per heavy atom. The summed E-state index contributed by atoms with van der Waals surface area (Å²) in [6.45, 7) is 1.96. The van der Waals surface area contributed by atoms with E-state index in [1.165, 1.54) is 0 Å². The van der Waals surface area contributed by atoms with E-state index in [1.54, 1.807) is 12.3 Å². The van der Waals surface area contributed by atoms with Gasteiger partial charge in [-0.3, -0.25) is 4.98 Å². The molecule has 1 aromatic heterocycles. The fourth-order valence-electron chi connectivity index (χ4n) is 1.80. The molecule has 0 saturated carbocycles. The molecule has 0 aliphatic rings. The fraction of sp³-hybridized carbons (Fsp3) is 0.214. The second-order valence-electron chi connectivity index (χ2n) is 4.25. The van der Waals surface area contributed by atoms with Crippen LogP contribution in [0.5, 0.6) is 0 Å². The van der Waals surface area contributed by atoms with E-state index in [-0.39, 0.29) is 0 Å². The first-order valence-corrected chi connectivity index (χ1v) is 6.77. The number of pyridine rings is 1. The number of hydrogen-bond donors (Lipinski definition) is 1. The van der Waals surface area contributed by atoms with Crippen molar-refractivity contribution in [1.82, 2.24) is 4.98 Å². The summed E-state index contributed by atoms with van der Waals surface area (Å²) in [5, 5.41) is 10.8. The van der Waals surface area contributed by atoms with Gasteiger partial charge in [0, 0.05) is 27.8 Å². The Labute approximate surface area is 120 Å². The number of aliphatic hydroxyl groups is 1. The van der Waals surface area contributed by atoms with Gasteiger partial charge in [-0.25, -0.2) is 0 Å². The summed E-state index contributed by atoms with van der Waals surface area (Å²) >= 11 is 9.32. The lowest BCUT2D eigenvalue weighted by Crippen LogP contribution is -2.03. The molecule has 94 valence electrons. The zero-order valence-corrected chi connectivity index (χ0v) is 12.2. The van der Waals surface area contributed by atoms with E-state index in [0.29, 0.717) is 11.4 Å². The monoisotopic (exact) mass is 325 g/mol. The number of nitrogens with zero attached hydrogens (tertiary/aromatic N) is 1. The number of aromatic nitrogens is 1. The summed E-state index contributed by atoms with van der Waals surface area (Å²) in [6.07, 6.45) is 1.62. The Morgan fingerprint density at radius 1 is 1.33 bits per heavy atom. The lowest BCUT2D eigenvalue weighted by Gasteiger charge is -2.12. The van der Waals surface area contributed by atoms with Gasteiger partial charge in [0.1, 0.15) is 0 Å². The van der Waals surface area contributed by atoms with Gasteiger partial charge < -0.3 is 5.11 Å². The SMILES string of the molecule is Cc1cc(Cl)cc(C(O)Cc2ccc(Br)cn2)c1. The summed E-state index contributed by atoms with van der Waals surface area (Å²) in [7, 11) is 0. The van der Waals surface area contributed by atoms with Crippen LogP contribution in [0.1, 0.15) is 22.9 Å². The maximum absolute atomic E-state index is 10.2. The van der Waals surface area contributed by atoms with Gasteiger partial charge in [0.2, 0.25) is 0 Å². The van der Waals surface area contributed by atoms with Gasteiger partial charge in [0.25, 0.3) is 0 Å². The summed E-state index contributed by atoms with van der Waals surface area (Å²) in [4.78, 5) is 4.25. The van der Waals surface area contributed by atoms with Crippen LogP contribution in [-0.2, 0) is 6.42 Å². The van der Waals surface area contributed by atoms with Crippen molar-refractivity contribution in [3.63, 3.8) is 0 Å². The molecular formula is C14H13BrClNO. The second-order valence-corrected chi connectivity index (χ2v) is 5.60. The van der Waals surface area contributed by atoms with Crippen LogP contribution >= 0.6 is 27.5 Å². The summed E-state index contributed by atoms with van der Waals surface area (Å²) in [5.74, 6) is 0.